The van der Waals surface area contributed by atoms with Crippen LogP contribution in [0.3, 0.4) is 0 Å². The van der Waals surface area contributed by atoms with E-state index in [1.165, 1.54) is 12.6 Å². The number of carbonyl (C=O) groups is 1. The Morgan fingerprint density at radius 1 is 1.50 bits per heavy atom. The molecule has 1 saturated heterocycles. The van der Waals surface area contributed by atoms with Gasteiger partial charge < -0.3 is 19.8 Å². The number of nitrogens with two attached hydrogens (primary N) is 1. The molecule has 0 saturated carbocycles. The van der Waals surface area contributed by atoms with Crippen molar-refractivity contribution in [2.75, 3.05) is 25.4 Å². The smallest absolute Gasteiger partial charge is 0.291 e. The van der Waals surface area contributed by atoms with E-state index >= 15 is 0 Å². The molecule has 7 heteroatoms. The highest BCUT2D eigenvalue weighted by molar-refractivity contribution is 5.91. The summed E-state index contributed by atoms with van der Waals surface area (Å²) in [5, 5.41) is 0. The second-order valence-electron chi connectivity index (χ2n) is 5.24. The van der Waals surface area contributed by atoms with Gasteiger partial charge in [-0.3, -0.25) is 4.79 Å². The minimum atomic E-state index is -0.140. The van der Waals surface area contributed by atoms with Crippen LogP contribution < -0.4 is 5.73 Å². The van der Waals surface area contributed by atoms with Crippen molar-refractivity contribution in [1.29, 1.82) is 0 Å². The zero-order chi connectivity index (χ0) is 15.4. The number of nitrogens with zero attached hydrogens (tertiary/aromatic N) is 3. The number of aryl methyl sites for hydroxylation is 1. The first-order valence-corrected chi connectivity index (χ1v) is 7.22. The Bertz CT molecular complexity index is 629. The molecule has 0 unspecified atom stereocenters. The molecule has 7 nitrogen and oxygen atoms in total. The average Bonchev–Trinajstić information content (AvgIpc) is 3.07. The molecule has 0 spiro atoms. The Hall–Kier alpha value is -2.41. The fraction of sp³-hybridized carbons (Fsp3) is 0.400. The molecule has 1 atom stereocenters. The number of morpholine rings is 1. The molecule has 2 aromatic rings. The molecule has 2 aromatic heterocycles. The lowest BCUT2D eigenvalue weighted by atomic mass is 10.1. The molecule has 1 aliphatic rings. The summed E-state index contributed by atoms with van der Waals surface area (Å²) in [4.78, 5) is 21.7. The van der Waals surface area contributed by atoms with Crippen molar-refractivity contribution in [1.82, 2.24) is 14.9 Å². The van der Waals surface area contributed by atoms with E-state index < -0.39 is 0 Å². The van der Waals surface area contributed by atoms with Crippen molar-refractivity contribution in [3.8, 4) is 0 Å². The fourth-order valence-corrected chi connectivity index (χ4v) is 2.53. The zero-order valence-corrected chi connectivity index (χ0v) is 12.1. The van der Waals surface area contributed by atoms with E-state index in [-0.39, 0.29) is 17.8 Å². The Balaban J connectivity index is 1.55. The number of amides is 1. The third kappa shape index (κ3) is 3.43. The van der Waals surface area contributed by atoms with Crippen LogP contribution in [-0.4, -0.2) is 46.6 Å². The number of aromatic nitrogens is 2. The second kappa shape index (κ2) is 6.57. The van der Waals surface area contributed by atoms with Crippen molar-refractivity contribution in [3.63, 3.8) is 0 Å². The Morgan fingerprint density at radius 2 is 2.41 bits per heavy atom. The first-order chi connectivity index (χ1) is 10.7. The van der Waals surface area contributed by atoms with Gasteiger partial charge in [0, 0.05) is 19.3 Å². The average molecular weight is 302 g/mol. The van der Waals surface area contributed by atoms with Crippen LogP contribution in [0.2, 0.25) is 0 Å². The largest absolute Gasteiger partial charge is 0.438 e. The maximum absolute atomic E-state index is 12.2. The molecule has 3 heterocycles. The SMILES string of the molecule is Nc1cc(CC[C@H]2CN(C(=O)c3cnco3)CCO2)ccn1. The third-order valence-corrected chi connectivity index (χ3v) is 3.67. The highest BCUT2D eigenvalue weighted by Crippen LogP contribution is 2.15. The number of anilines is 1. The fourth-order valence-electron chi connectivity index (χ4n) is 2.53. The van der Waals surface area contributed by atoms with Crippen molar-refractivity contribution in [2.45, 2.75) is 18.9 Å². The molecule has 0 radical (unpaired) electrons. The quantitative estimate of drug-likeness (QED) is 0.909. The molecule has 0 bridgehead atoms. The van der Waals surface area contributed by atoms with Crippen LogP contribution in [0.1, 0.15) is 22.5 Å². The molecule has 3 rings (SSSR count). The Labute approximate surface area is 128 Å². The molecule has 1 aliphatic heterocycles. The molecular weight excluding hydrogens is 284 g/mol. The number of oxazole rings is 1. The van der Waals surface area contributed by atoms with E-state index in [1.807, 2.05) is 12.1 Å². The van der Waals surface area contributed by atoms with Gasteiger partial charge in [-0.25, -0.2) is 9.97 Å². The summed E-state index contributed by atoms with van der Waals surface area (Å²) in [7, 11) is 0. The minimum Gasteiger partial charge on any atom is -0.438 e. The van der Waals surface area contributed by atoms with Gasteiger partial charge >= 0.3 is 0 Å². The van der Waals surface area contributed by atoms with Crippen LogP contribution in [0.15, 0.2) is 35.3 Å². The van der Waals surface area contributed by atoms with Crippen LogP contribution >= 0.6 is 0 Å². The van der Waals surface area contributed by atoms with Gasteiger partial charge in [0.2, 0.25) is 5.76 Å². The maximum Gasteiger partial charge on any atom is 0.291 e. The van der Waals surface area contributed by atoms with Gasteiger partial charge in [-0.05, 0) is 30.5 Å². The van der Waals surface area contributed by atoms with Gasteiger partial charge in [-0.1, -0.05) is 0 Å². The summed E-state index contributed by atoms with van der Waals surface area (Å²) in [5.41, 5.74) is 6.79. The zero-order valence-electron chi connectivity index (χ0n) is 12.1. The molecule has 1 amide bonds. The number of nitrogen functional groups attached to an aromatic ring is 1. The van der Waals surface area contributed by atoms with Crippen LogP contribution in [0.4, 0.5) is 5.82 Å². The summed E-state index contributed by atoms with van der Waals surface area (Å²) in [6.45, 7) is 1.65. The van der Waals surface area contributed by atoms with E-state index in [9.17, 15) is 4.79 Å². The summed E-state index contributed by atoms with van der Waals surface area (Å²) in [6, 6.07) is 3.80. The van der Waals surface area contributed by atoms with Crippen LogP contribution in [0, 0.1) is 0 Å². The van der Waals surface area contributed by atoms with Gasteiger partial charge in [0.15, 0.2) is 6.39 Å². The number of rotatable bonds is 4. The lowest BCUT2D eigenvalue weighted by molar-refractivity contribution is -0.0255. The number of hydrogen-bond donors (Lipinski definition) is 1. The number of pyridine rings is 1. The van der Waals surface area contributed by atoms with Crippen molar-refractivity contribution >= 4 is 11.7 Å². The van der Waals surface area contributed by atoms with Gasteiger partial charge in [-0.15, -0.1) is 0 Å². The molecule has 2 N–H and O–H groups in total. The third-order valence-electron chi connectivity index (χ3n) is 3.67. The van der Waals surface area contributed by atoms with Crippen molar-refractivity contribution in [3.05, 3.63) is 42.2 Å². The van der Waals surface area contributed by atoms with Gasteiger partial charge in [0.25, 0.3) is 5.91 Å². The predicted octanol–water partition coefficient (Wildman–Crippen LogP) is 1.13. The van der Waals surface area contributed by atoms with Gasteiger partial charge in [0.05, 0.1) is 18.9 Å². The number of carbonyl (C=O) groups excluding carboxylic acids is 1. The predicted molar refractivity (Wildman–Crippen MR) is 79.1 cm³/mol. The van der Waals surface area contributed by atoms with Crippen molar-refractivity contribution < 1.29 is 13.9 Å². The lowest BCUT2D eigenvalue weighted by Crippen LogP contribution is -2.45. The van der Waals surface area contributed by atoms with Gasteiger partial charge in [-0.2, -0.15) is 0 Å². The maximum atomic E-state index is 12.2. The summed E-state index contributed by atoms with van der Waals surface area (Å²) in [5.74, 6) is 0.644. The molecule has 116 valence electrons. The second-order valence-corrected chi connectivity index (χ2v) is 5.24. The molecule has 0 aromatic carbocycles. The monoisotopic (exact) mass is 302 g/mol. The van der Waals surface area contributed by atoms with E-state index in [0.717, 1.165) is 18.4 Å². The van der Waals surface area contributed by atoms with Gasteiger partial charge in [0.1, 0.15) is 5.82 Å². The van der Waals surface area contributed by atoms with Crippen LogP contribution in [0.5, 0.6) is 0 Å². The van der Waals surface area contributed by atoms with E-state index in [0.29, 0.717) is 25.5 Å². The number of hydrogen-bond acceptors (Lipinski definition) is 6. The highest BCUT2D eigenvalue weighted by atomic mass is 16.5. The van der Waals surface area contributed by atoms with Crippen LogP contribution in [0.25, 0.3) is 0 Å². The lowest BCUT2D eigenvalue weighted by Gasteiger charge is -2.32. The van der Waals surface area contributed by atoms with E-state index in [1.54, 1.807) is 11.1 Å². The minimum absolute atomic E-state index is 0.00927. The first kappa shape index (κ1) is 14.5. The molecule has 22 heavy (non-hydrogen) atoms. The molecule has 0 aliphatic carbocycles. The Kier molecular flexibility index (Phi) is 4.34. The van der Waals surface area contributed by atoms with Crippen LogP contribution in [-0.2, 0) is 11.2 Å². The van der Waals surface area contributed by atoms with E-state index in [2.05, 4.69) is 9.97 Å². The Morgan fingerprint density at radius 3 is 3.18 bits per heavy atom. The number of ether oxygens (including phenoxy) is 1. The van der Waals surface area contributed by atoms with E-state index in [4.69, 9.17) is 14.9 Å². The normalized spacial score (nSPS) is 18.4. The first-order valence-electron chi connectivity index (χ1n) is 7.22. The highest BCUT2D eigenvalue weighted by Gasteiger charge is 2.26. The van der Waals surface area contributed by atoms with Crippen molar-refractivity contribution in [2.24, 2.45) is 0 Å². The summed E-state index contributed by atoms with van der Waals surface area (Å²) < 4.78 is 10.8. The standard InChI is InChI=1S/C15H18N4O3/c16-14-7-11(3-4-18-14)1-2-12-9-19(5-6-21-12)15(20)13-8-17-10-22-13/h3-4,7-8,10,12H,1-2,5-6,9H2,(H2,16,18)/t12-/m0/s1. The summed E-state index contributed by atoms with van der Waals surface area (Å²) >= 11 is 0. The topological polar surface area (TPSA) is 94.5 Å². The molecule has 1 fully saturated rings. The molecular formula is C15H18N4O3. The summed E-state index contributed by atoms with van der Waals surface area (Å²) in [6.07, 6.45) is 6.07.